The molecule has 1 amide bonds. The van der Waals surface area contributed by atoms with Crippen molar-refractivity contribution in [1.82, 2.24) is 0 Å². The van der Waals surface area contributed by atoms with Gasteiger partial charge >= 0.3 is 6.09 Å². The summed E-state index contributed by atoms with van der Waals surface area (Å²) in [4.78, 5) is 13.4. The molecule has 1 saturated heterocycles. The van der Waals surface area contributed by atoms with Crippen molar-refractivity contribution in [2.24, 2.45) is 5.73 Å². The van der Waals surface area contributed by atoms with Crippen LogP contribution in [0, 0.1) is 6.92 Å². The van der Waals surface area contributed by atoms with Gasteiger partial charge in [0.1, 0.15) is 6.10 Å². The van der Waals surface area contributed by atoms with Crippen molar-refractivity contribution in [2.45, 2.75) is 19.4 Å². The number of benzene rings is 1. The second-order valence-corrected chi connectivity index (χ2v) is 4.47. The van der Waals surface area contributed by atoms with Crippen LogP contribution in [0.3, 0.4) is 0 Å². The summed E-state index contributed by atoms with van der Waals surface area (Å²) < 4.78 is 5.22. The predicted octanol–water partition coefficient (Wildman–Crippen LogP) is 2.32. The third-order valence-electron chi connectivity index (χ3n) is 2.96. The quantitative estimate of drug-likeness (QED) is 0.881. The lowest BCUT2D eigenvalue weighted by Crippen LogP contribution is -2.44. The monoisotopic (exact) mass is 254 g/mol. The number of anilines is 1. The topological polar surface area (TPSA) is 55.6 Å². The number of rotatable bonds is 2. The fourth-order valence-corrected chi connectivity index (χ4v) is 2.07. The number of nitrogens with zero attached hydrogens (tertiary/aromatic N) is 1. The van der Waals surface area contributed by atoms with E-state index < -0.39 is 0 Å². The molecule has 17 heavy (non-hydrogen) atoms. The van der Waals surface area contributed by atoms with Crippen molar-refractivity contribution in [3.63, 3.8) is 0 Å². The maximum Gasteiger partial charge on any atom is 0.414 e. The highest BCUT2D eigenvalue weighted by atomic mass is 35.5. The molecule has 0 aliphatic carbocycles. The Kier molecular flexibility index (Phi) is 3.54. The molecular formula is C12H15ClN2O2. The molecule has 1 unspecified atom stereocenters. The van der Waals surface area contributed by atoms with Crippen LogP contribution >= 0.6 is 11.6 Å². The molecule has 4 nitrogen and oxygen atoms in total. The zero-order valence-corrected chi connectivity index (χ0v) is 10.4. The number of ether oxygens (including phenoxy) is 1. The Labute approximate surface area is 105 Å². The molecule has 1 aliphatic heterocycles. The summed E-state index contributed by atoms with van der Waals surface area (Å²) in [7, 11) is 0. The first-order valence-electron chi connectivity index (χ1n) is 5.57. The summed E-state index contributed by atoms with van der Waals surface area (Å²) in [6.45, 7) is 2.87. The molecule has 1 heterocycles. The smallest absolute Gasteiger partial charge is 0.414 e. The van der Waals surface area contributed by atoms with Gasteiger partial charge in [-0.25, -0.2) is 4.79 Å². The van der Waals surface area contributed by atoms with E-state index in [1.54, 1.807) is 11.0 Å². The van der Waals surface area contributed by atoms with Crippen LogP contribution in [0.15, 0.2) is 18.2 Å². The van der Waals surface area contributed by atoms with Crippen LogP contribution in [0.25, 0.3) is 0 Å². The number of hydrogen-bond acceptors (Lipinski definition) is 3. The van der Waals surface area contributed by atoms with Crippen LogP contribution in [0.1, 0.15) is 12.0 Å². The van der Waals surface area contributed by atoms with Crippen LogP contribution < -0.4 is 10.6 Å². The van der Waals surface area contributed by atoms with E-state index >= 15 is 0 Å². The van der Waals surface area contributed by atoms with Gasteiger partial charge in [0, 0.05) is 24.5 Å². The van der Waals surface area contributed by atoms with Crippen LogP contribution in [0.5, 0.6) is 0 Å². The SMILES string of the molecule is Cc1c(Cl)cccc1N1CCC(CN)OC1=O. The molecule has 0 radical (unpaired) electrons. The largest absolute Gasteiger partial charge is 0.444 e. The second-order valence-electron chi connectivity index (χ2n) is 4.07. The van der Waals surface area contributed by atoms with Gasteiger partial charge < -0.3 is 10.5 Å². The van der Waals surface area contributed by atoms with Crippen molar-refractivity contribution >= 4 is 23.4 Å². The summed E-state index contributed by atoms with van der Waals surface area (Å²) in [5, 5.41) is 0.649. The Hall–Kier alpha value is -1.26. The minimum atomic E-state index is -0.350. The molecule has 92 valence electrons. The highest BCUT2D eigenvalue weighted by Gasteiger charge is 2.28. The van der Waals surface area contributed by atoms with Gasteiger partial charge in [0.05, 0.1) is 5.69 Å². The molecule has 1 atom stereocenters. The Balaban J connectivity index is 2.23. The first-order valence-corrected chi connectivity index (χ1v) is 5.94. The van der Waals surface area contributed by atoms with E-state index in [-0.39, 0.29) is 12.2 Å². The van der Waals surface area contributed by atoms with E-state index in [0.717, 1.165) is 17.7 Å². The number of amides is 1. The lowest BCUT2D eigenvalue weighted by atomic mass is 10.1. The standard InChI is InChI=1S/C12H15ClN2O2/c1-8-10(13)3-2-4-11(8)15-6-5-9(7-14)17-12(15)16/h2-4,9H,5-7,14H2,1H3. The van der Waals surface area contributed by atoms with Crippen molar-refractivity contribution < 1.29 is 9.53 Å². The summed E-state index contributed by atoms with van der Waals surface area (Å²) in [5.41, 5.74) is 7.18. The van der Waals surface area contributed by atoms with E-state index in [9.17, 15) is 4.79 Å². The Bertz CT molecular complexity index is 437. The first kappa shape index (κ1) is 12.2. The minimum absolute atomic E-state index is 0.168. The van der Waals surface area contributed by atoms with Gasteiger partial charge in [-0.15, -0.1) is 0 Å². The lowest BCUT2D eigenvalue weighted by Gasteiger charge is -2.32. The summed E-state index contributed by atoms with van der Waals surface area (Å²) in [5.74, 6) is 0. The molecule has 2 N–H and O–H groups in total. The van der Waals surface area contributed by atoms with Gasteiger partial charge in [0.25, 0.3) is 0 Å². The molecule has 1 aromatic carbocycles. The molecule has 0 spiro atoms. The number of hydrogen-bond donors (Lipinski definition) is 1. The molecule has 1 fully saturated rings. The van der Waals surface area contributed by atoms with Crippen LogP contribution in [-0.4, -0.2) is 25.3 Å². The van der Waals surface area contributed by atoms with Crippen LogP contribution in [-0.2, 0) is 4.74 Å². The van der Waals surface area contributed by atoms with Gasteiger partial charge in [0.2, 0.25) is 0 Å². The van der Waals surface area contributed by atoms with Crippen molar-refractivity contribution in [1.29, 1.82) is 0 Å². The summed E-state index contributed by atoms with van der Waals surface area (Å²) in [6, 6.07) is 5.50. The third-order valence-corrected chi connectivity index (χ3v) is 3.36. The lowest BCUT2D eigenvalue weighted by molar-refractivity contribution is 0.0887. The Morgan fingerprint density at radius 3 is 3.00 bits per heavy atom. The summed E-state index contributed by atoms with van der Waals surface area (Å²) >= 11 is 6.04. The van der Waals surface area contributed by atoms with Gasteiger partial charge in [0.15, 0.2) is 0 Å². The van der Waals surface area contributed by atoms with Gasteiger partial charge in [-0.1, -0.05) is 17.7 Å². The third kappa shape index (κ3) is 2.37. The Morgan fingerprint density at radius 2 is 2.35 bits per heavy atom. The van der Waals surface area contributed by atoms with E-state index in [2.05, 4.69) is 0 Å². The van der Waals surface area contributed by atoms with Gasteiger partial charge in [-0.05, 0) is 24.6 Å². The fourth-order valence-electron chi connectivity index (χ4n) is 1.90. The van der Waals surface area contributed by atoms with Crippen molar-refractivity contribution in [3.8, 4) is 0 Å². The highest BCUT2D eigenvalue weighted by molar-refractivity contribution is 6.31. The number of nitrogens with two attached hydrogens (primary N) is 1. The number of carbonyl (C=O) groups excluding carboxylic acids is 1. The van der Waals surface area contributed by atoms with Crippen LogP contribution in [0.4, 0.5) is 10.5 Å². The highest BCUT2D eigenvalue weighted by Crippen LogP contribution is 2.29. The summed E-state index contributed by atoms with van der Waals surface area (Å²) in [6.07, 6.45) is 0.226. The molecule has 2 rings (SSSR count). The fraction of sp³-hybridized carbons (Fsp3) is 0.417. The molecular weight excluding hydrogens is 240 g/mol. The van der Waals surface area contributed by atoms with Gasteiger partial charge in [-0.2, -0.15) is 0 Å². The average molecular weight is 255 g/mol. The zero-order valence-electron chi connectivity index (χ0n) is 9.65. The molecule has 1 aromatic rings. The Morgan fingerprint density at radius 1 is 1.59 bits per heavy atom. The molecule has 0 bridgehead atoms. The zero-order chi connectivity index (χ0) is 12.4. The second kappa shape index (κ2) is 4.94. The number of carbonyl (C=O) groups is 1. The molecule has 5 heteroatoms. The van der Waals surface area contributed by atoms with E-state index in [1.807, 2.05) is 19.1 Å². The minimum Gasteiger partial charge on any atom is -0.444 e. The number of halogens is 1. The first-order chi connectivity index (χ1) is 8.13. The average Bonchev–Trinajstić information content (AvgIpc) is 2.33. The molecule has 0 aromatic heterocycles. The normalized spacial score (nSPS) is 20.3. The molecule has 1 aliphatic rings. The van der Waals surface area contributed by atoms with E-state index in [4.69, 9.17) is 22.1 Å². The van der Waals surface area contributed by atoms with Crippen LogP contribution in [0.2, 0.25) is 5.02 Å². The van der Waals surface area contributed by atoms with E-state index in [0.29, 0.717) is 18.1 Å². The van der Waals surface area contributed by atoms with Crippen molar-refractivity contribution in [3.05, 3.63) is 28.8 Å². The maximum atomic E-state index is 11.8. The van der Waals surface area contributed by atoms with Crippen molar-refractivity contribution in [2.75, 3.05) is 18.0 Å². The maximum absolute atomic E-state index is 11.8. The predicted molar refractivity (Wildman–Crippen MR) is 67.5 cm³/mol. The molecule has 0 saturated carbocycles. The number of cyclic esters (lactones) is 1. The van der Waals surface area contributed by atoms with Gasteiger partial charge in [-0.3, -0.25) is 4.90 Å². The van der Waals surface area contributed by atoms with E-state index in [1.165, 1.54) is 0 Å².